The third kappa shape index (κ3) is 4.20. The molecule has 0 spiro atoms. The van der Waals surface area contributed by atoms with Gasteiger partial charge < -0.3 is 10.2 Å². The summed E-state index contributed by atoms with van der Waals surface area (Å²) in [6.07, 6.45) is 4.83. The summed E-state index contributed by atoms with van der Waals surface area (Å²) in [5.74, 6) is -0.977. The van der Waals surface area contributed by atoms with Gasteiger partial charge in [0.2, 0.25) is 0 Å². The number of hydrogen-bond donors (Lipinski definition) is 2. The molecule has 0 radical (unpaired) electrons. The van der Waals surface area contributed by atoms with Gasteiger partial charge in [0.15, 0.2) is 0 Å². The molecule has 1 atom stereocenters. The maximum absolute atomic E-state index is 10.9. The van der Waals surface area contributed by atoms with Crippen LogP contribution >= 0.6 is 0 Å². The van der Waals surface area contributed by atoms with Crippen LogP contribution in [0, 0.1) is 0 Å². The summed E-state index contributed by atoms with van der Waals surface area (Å²) in [7, 11) is 0. The quantitative estimate of drug-likeness (QED) is 0.684. The van der Waals surface area contributed by atoms with E-state index in [4.69, 9.17) is 5.11 Å². The van der Waals surface area contributed by atoms with E-state index in [1.165, 1.54) is 11.1 Å². The van der Waals surface area contributed by atoms with Crippen LogP contribution in [0.5, 0.6) is 0 Å². The van der Waals surface area contributed by atoms with E-state index >= 15 is 0 Å². The fraction of sp³-hybridized carbons (Fsp3) is 0.400. The fourth-order valence-electron chi connectivity index (χ4n) is 4.18. The Labute approximate surface area is 167 Å². The molecule has 1 aliphatic rings. The summed E-state index contributed by atoms with van der Waals surface area (Å²) in [5.41, 5.74) is 5.64. The first-order valence-electron chi connectivity index (χ1n) is 9.92. The van der Waals surface area contributed by atoms with Gasteiger partial charge in [-0.15, -0.1) is 0 Å². The van der Waals surface area contributed by atoms with Crippen molar-refractivity contribution in [2.45, 2.75) is 63.9 Å². The van der Waals surface area contributed by atoms with Crippen molar-refractivity contribution >= 4 is 12.0 Å². The van der Waals surface area contributed by atoms with Gasteiger partial charge in [0, 0.05) is 12.5 Å². The van der Waals surface area contributed by atoms with E-state index in [1.54, 1.807) is 6.08 Å². The molecule has 2 N–H and O–H groups in total. The normalized spacial score (nSPS) is 18.6. The van der Waals surface area contributed by atoms with Crippen molar-refractivity contribution in [3.05, 3.63) is 76.4 Å². The topological polar surface area (TPSA) is 57.5 Å². The Balaban J connectivity index is 1.91. The molecule has 0 saturated carbocycles. The standard InChI is InChI=1S/C25H30O3/c1-24(2)13-14-25(3,4)21-15-19(9-11-20(21)24)22(26)16-18-8-6-5-7-17(18)10-12-23(27)28/h5-12,15,22,26H,13-14,16H2,1-4H3,(H,27,28)/b12-10+. The van der Waals surface area contributed by atoms with Crippen LogP contribution in [0.4, 0.5) is 0 Å². The van der Waals surface area contributed by atoms with Crippen LogP contribution in [0.1, 0.15) is 74.5 Å². The predicted octanol–water partition coefficient (Wildman–Crippen LogP) is 5.41. The first-order valence-corrected chi connectivity index (χ1v) is 9.92. The Hall–Kier alpha value is -2.39. The van der Waals surface area contributed by atoms with E-state index in [2.05, 4.69) is 39.8 Å². The highest BCUT2D eigenvalue weighted by Gasteiger charge is 2.37. The number of carboxylic acid groups (broad SMARTS) is 1. The van der Waals surface area contributed by atoms with Gasteiger partial charge in [0.25, 0.3) is 0 Å². The Kier molecular flexibility index (Phi) is 5.49. The van der Waals surface area contributed by atoms with Crippen LogP contribution in [-0.4, -0.2) is 16.2 Å². The molecule has 0 amide bonds. The number of hydrogen-bond acceptors (Lipinski definition) is 2. The van der Waals surface area contributed by atoms with Crippen LogP contribution < -0.4 is 0 Å². The molecule has 0 aromatic heterocycles. The molecule has 1 unspecified atom stereocenters. The largest absolute Gasteiger partial charge is 0.478 e. The summed E-state index contributed by atoms with van der Waals surface area (Å²) in [6.45, 7) is 9.15. The van der Waals surface area contributed by atoms with Gasteiger partial charge >= 0.3 is 5.97 Å². The zero-order valence-electron chi connectivity index (χ0n) is 17.2. The Bertz CT molecular complexity index is 906. The third-order valence-electron chi connectivity index (χ3n) is 6.14. The highest BCUT2D eigenvalue weighted by Crippen LogP contribution is 2.46. The van der Waals surface area contributed by atoms with Gasteiger partial charge in [0.1, 0.15) is 0 Å². The van der Waals surface area contributed by atoms with E-state index < -0.39 is 12.1 Å². The number of carboxylic acids is 1. The van der Waals surface area contributed by atoms with Crippen molar-refractivity contribution in [2.75, 3.05) is 0 Å². The van der Waals surface area contributed by atoms with Crippen LogP contribution in [-0.2, 0) is 22.0 Å². The number of aliphatic hydroxyl groups excluding tert-OH is 1. The Morgan fingerprint density at radius 1 is 1.04 bits per heavy atom. The molecule has 0 saturated heterocycles. The van der Waals surface area contributed by atoms with Crippen molar-refractivity contribution in [3.8, 4) is 0 Å². The molecule has 0 aliphatic heterocycles. The lowest BCUT2D eigenvalue weighted by molar-refractivity contribution is -0.131. The first-order chi connectivity index (χ1) is 13.1. The van der Waals surface area contributed by atoms with Crippen LogP contribution in [0.2, 0.25) is 0 Å². The Morgan fingerprint density at radius 2 is 1.68 bits per heavy atom. The molecule has 3 nitrogen and oxygen atoms in total. The van der Waals surface area contributed by atoms with Crippen LogP contribution in [0.3, 0.4) is 0 Å². The van der Waals surface area contributed by atoms with Crippen LogP contribution in [0.25, 0.3) is 6.08 Å². The summed E-state index contributed by atoms with van der Waals surface area (Å²) in [5, 5.41) is 19.8. The molecule has 0 bridgehead atoms. The lowest BCUT2D eigenvalue weighted by Gasteiger charge is -2.42. The lowest BCUT2D eigenvalue weighted by Crippen LogP contribution is -2.34. The van der Waals surface area contributed by atoms with Gasteiger partial charge in [0.05, 0.1) is 6.10 Å². The maximum Gasteiger partial charge on any atom is 0.328 e. The van der Waals surface area contributed by atoms with Gasteiger partial charge in [-0.3, -0.25) is 0 Å². The zero-order chi connectivity index (χ0) is 20.5. The van der Waals surface area contributed by atoms with Crippen molar-refractivity contribution in [1.29, 1.82) is 0 Å². The maximum atomic E-state index is 10.9. The van der Waals surface area contributed by atoms with Crippen LogP contribution in [0.15, 0.2) is 48.5 Å². The monoisotopic (exact) mass is 378 g/mol. The highest BCUT2D eigenvalue weighted by molar-refractivity contribution is 5.85. The minimum atomic E-state index is -0.977. The van der Waals surface area contributed by atoms with E-state index in [0.29, 0.717) is 6.42 Å². The molecule has 28 heavy (non-hydrogen) atoms. The fourth-order valence-corrected chi connectivity index (χ4v) is 4.18. The molecule has 2 aromatic carbocycles. The van der Waals surface area contributed by atoms with Crippen molar-refractivity contribution in [3.63, 3.8) is 0 Å². The van der Waals surface area contributed by atoms with Crippen molar-refractivity contribution in [1.82, 2.24) is 0 Å². The molecule has 0 heterocycles. The average molecular weight is 379 g/mol. The SMILES string of the molecule is CC1(C)CCC(C)(C)c2cc(C(O)Cc3ccccc3/C=C/C(=O)O)ccc21. The zero-order valence-corrected chi connectivity index (χ0v) is 17.2. The number of rotatable bonds is 5. The van der Waals surface area contributed by atoms with E-state index in [1.807, 2.05) is 30.3 Å². The number of fused-ring (bicyclic) bond motifs is 1. The molecule has 0 fully saturated rings. The molecule has 3 heteroatoms. The smallest absolute Gasteiger partial charge is 0.328 e. The van der Waals surface area contributed by atoms with Crippen molar-refractivity contribution < 1.29 is 15.0 Å². The molecule has 2 aromatic rings. The van der Waals surface area contributed by atoms with E-state index in [0.717, 1.165) is 35.6 Å². The lowest BCUT2D eigenvalue weighted by atomic mass is 9.63. The average Bonchev–Trinajstić information content (AvgIpc) is 2.64. The molecule has 1 aliphatic carbocycles. The second kappa shape index (κ2) is 7.56. The number of aliphatic hydroxyl groups is 1. The first kappa shape index (κ1) is 20.3. The number of carbonyl (C=O) groups is 1. The summed E-state index contributed by atoms with van der Waals surface area (Å²) >= 11 is 0. The minimum Gasteiger partial charge on any atom is -0.478 e. The summed E-state index contributed by atoms with van der Waals surface area (Å²) < 4.78 is 0. The summed E-state index contributed by atoms with van der Waals surface area (Å²) in [6, 6.07) is 14.0. The Morgan fingerprint density at radius 3 is 2.36 bits per heavy atom. The van der Waals surface area contributed by atoms with E-state index in [-0.39, 0.29) is 10.8 Å². The summed E-state index contributed by atoms with van der Waals surface area (Å²) in [4.78, 5) is 10.8. The number of aliphatic carboxylic acids is 1. The third-order valence-corrected chi connectivity index (χ3v) is 6.14. The second-order valence-electron chi connectivity index (χ2n) is 9.16. The molecule has 3 rings (SSSR count). The van der Waals surface area contributed by atoms with E-state index in [9.17, 15) is 9.90 Å². The van der Waals surface area contributed by atoms with Gasteiger partial charge in [-0.1, -0.05) is 70.2 Å². The minimum absolute atomic E-state index is 0.0999. The molecular weight excluding hydrogens is 348 g/mol. The highest BCUT2D eigenvalue weighted by atomic mass is 16.4. The second-order valence-corrected chi connectivity index (χ2v) is 9.16. The van der Waals surface area contributed by atoms with Gasteiger partial charge in [-0.05, 0) is 57.6 Å². The van der Waals surface area contributed by atoms with Crippen molar-refractivity contribution in [2.24, 2.45) is 0 Å². The predicted molar refractivity (Wildman–Crippen MR) is 114 cm³/mol. The van der Waals surface area contributed by atoms with Gasteiger partial charge in [-0.25, -0.2) is 4.79 Å². The number of benzene rings is 2. The molecule has 148 valence electrons. The molecular formula is C25H30O3. The van der Waals surface area contributed by atoms with Gasteiger partial charge in [-0.2, -0.15) is 0 Å².